The molecule has 1 aromatic rings. The van der Waals surface area contributed by atoms with Crippen molar-refractivity contribution in [2.75, 3.05) is 0 Å². The van der Waals surface area contributed by atoms with Gasteiger partial charge in [-0.05, 0) is 25.1 Å². The summed E-state index contributed by atoms with van der Waals surface area (Å²) in [4.78, 5) is 11.3. The summed E-state index contributed by atoms with van der Waals surface area (Å²) >= 11 is 14.8. The highest BCUT2D eigenvalue weighted by Crippen LogP contribution is 2.23. The predicted octanol–water partition coefficient (Wildman–Crippen LogP) is 3.96. The zero-order valence-corrected chi connectivity index (χ0v) is 9.95. The number of hydrogen-bond donors (Lipinski definition) is 0. The first-order valence-electron chi connectivity index (χ1n) is 3.65. The van der Waals surface area contributed by atoms with Crippen LogP contribution in [0.15, 0.2) is 18.2 Å². The first-order valence-corrected chi connectivity index (χ1v) is 5.33. The van der Waals surface area contributed by atoms with Crippen LogP contribution in [0, 0.1) is 0 Å². The van der Waals surface area contributed by atoms with E-state index in [4.69, 9.17) is 23.2 Å². The number of Topliss-reactive ketones (excluding diaryl/α,β-unsaturated/α-hetero) is 1. The monoisotopic (exact) mass is 280 g/mol. The zero-order chi connectivity index (χ0) is 10.0. The van der Waals surface area contributed by atoms with Crippen molar-refractivity contribution < 1.29 is 4.79 Å². The molecule has 0 heterocycles. The Morgan fingerprint density at radius 3 is 2.62 bits per heavy atom. The summed E-state index contributed by atoms with van der Waals surface area (Å²) in [5.74, 6) is -0.0625. The average molecular weight is 282 g/mol. The van der Waals surface area contributed by atoms with Gasteiger partial charge in [-0.3, -0.25) is 4.79 Å². The Balaban J connectivity index is 3.13. The van der Waals surface area contributed by atoms with Crippen molar-refractivity contribution in [3.8, 4) is 0 Å². The third-order valence-corrected chi connectivity index (χ3v) is 2.54. The van der Waals surface area contributed by atoms with Crippen molar-refractivity contribution >= 4 is 44.9 Å². The molecule has 70 valence electrons. The summed E-state index contributed by atoms with van der Waals surface area (Å²) < 4.78 is 0. The molecule has 1 unspecified atom stereocenters. The molecule has 0 radical (unpaired) electrons. The lowest BCUT2D eigenvalue weighted by Crippen LogP contribution is -2.10. The fraction of sp³-hybridized carbons (Fsp3) is 0.222. The number of carbonyl (C=O) groups is 1. The van der Waals surface area contributed by atoms with Crippen LogP contribution in [-0.4, -0.2) is 10.6 Å². The summed E-state index contributed by atoms with van der Waals surface area (Å²) in [5, 5.41) is 0.946. The lowest BCUT2D eigenvalue weighted by molar-refractivity contribution is 0.0996. The largest absolute Gasteiger partial charge is 0.293 e. The molecule has 0 fully saturated rings. The Morgan fingerprint density at radius 1 is 1.46 bits per heavy atom. The minimum atomic E-state index is -0.247. The lowest BCUT2D eigenvalue weighted by atomic mass is 10.1. The van der Waals surface area contributed by atoms with Crippen LogP contribution in [0.2, 0.25) is 10.0 Å². The second-order valence-electron chi connectivity index (χ2n) is 2.60. The van der Waals surface area contributed by atoms with E-state index in [0.717, 1.165) is 0 Å². The molecule has 0 aliphatic rings. The van der Waals surface area contributed by atoms with Crippen molar-refractivity contribution in [3.05, 3.63) is 33.8 Å². The first-order chi connectivity index (χ1) is 6.02. The molecule has 1 rings (SSSR count). The molecule has 0 amide bonds. The van der Waals surface area contributed by atoms with Gasteiger partial charge in [-0.1, -0.05) is 39.1 Å². The van der Waals surface area contributed by atoms with Gasteiger partial charge in [0.2, 0.25) is 0 Å². The van der Waals surface area contributed by atoms with Crippen LogP contribution in [0.1, 0.15) is 17.3 Å². The Kier molecular flexibility index (Phi) is 3.77. The molecule has 0 aliphatic carbocycles. The van der Waals surface area contributed by atoms with E-state index < -0.39 is 0 Å². The van der Waals surface area contributed by atoms with Crippen LogP contribution in [-0.2, 0) is 0 Å². The molecular formula is C9H7BrCl2O. The summed E-state index contributed by atoms with van der Waals surface area (Å²) in [6.07, 6.45) is 0. The smallest absolute Gasteiger partial charge is 0.177 e. The van der Waals surface area contributed by atoms with Crippen molar-refractivity contribution in [1.29, 1.82) is 0 Å². The van der Waals surface area contributed by atoms with Gasteiger partial charge in [0.15, 0.2) is 5.78 Å². The molecule has 1 atom stereocenters. The molecule has 13 heavy (non-hydrogen) atoms. The molecule has 0 aliphatic heterocycles. The van der Waals surface area contributed by atoms with Crippen molar-refractivity contribution in [2.45, 2.75) is 11.8 Å². The number of rotatable bonds is 2. The normalized spacial score (nSPS) is 12.6. The van der Waals surface area contributed by atoms with Gasteiger partial charge in [0.25, 0.3) is 0 Å². The fourth-order valence-corrected chi connectivity index (χ4v) is 1.53. The van der Waals surface area contributed by atoms with Gasteiger partial charge >= 0.3 is 0 Å². The van der Waals surface area contributed by atoms with E-state index in [1.54, 1.807) is 25.1 Å². The number of hydrogen-bond acceptors (Lipinski definition) is 1. The number of ketones is 1. The molecule has 0 saturated heterocycles. The Bertz CT molecular complexity index is 336. The second kappa shape index (κ2) is 4.45. The maximum atomic E-state index is 11.5. The van der Waals surface area contributed by atoms with Gasteiger partial charge in [-0.25, -0.2) is 0 Å². The van der Waals surface area contributed by atoms with Crippen LogP contribution in [0.3, 0.4) is 0 Å². The Labute approximate surface area is 95.2 Å². The van der Waals surface area contributed by atoms with Crippen LogP contribution in [0.4, 0.5) is 0 Å². The van der Waals surface area contributed by atoms with Gasteiger partial charge in [0, 0.05) is 10.6 Å². The van der Waals surface area contributed by atoms with Crippen LogP contribution >= 0.6 is 39.1 Å². The molecule has 1 nitrogen and oxygen atoms in total. The quantitative estimate of drug-likeness (QED) is 0.592. The van der Waals surface area contributed by atoms with Crippen LogP contribution in [0.25, 0.3) is 0 Å². The van der Waals surface area contributed by atoms with Gasteiger partial charge in [0.05, 0.1) is 9.85 Å². The maximum absolute atomic E-state index is 11.5. The fourth-order valence-electron chi connectivity index (χ4n) is 0.901. The van der Waals surface area contributed by atoms with E-state index in [9.17, 15) is 4.79 Å². The number of alkyl halides is 1. The highest BCUT2D eigenvalue weighted by molar-refractivity contribution is 9.10. The standard InChI is InChI=1S/C9H7BrCl2O/c1-5(10)9(13)7-4-6(11)2-3-8(7)12/h2-5H,1H3. The minimum absolute atomic E-state index is 0.0625. The van der Waals surface area contributed by atoms with E-state index >= 15 is 0 Å². The minimum Gasteiger partial charge on any atom is -0.293 e. The van der Waals surface area contributed by atoms with Gasteiger partial charge in [-0.2, -0.15) is 0 Å². The molecule has 0 bridgehead atoms. The Morgan fingerprint density at radius 2 is 2.08 bits per heavy atom. The third-order valence-electron chi connectivity index (χ3n) is 1.56. The molecule has 0 saturated carbocycles. The van der Waals surface area contributed by atoms with E-state index in [1.165, 1.54) is 0 Å². The van der Waals surface area contributed by atoms with Crippen LogP contribution in [0.5, 0.6) is 0 Å². The van der Waals surface area contributed by atoms with E-state index in [0.29, 0.717) is 15.6 Å². The maximum Gasteiger partial charge on any atom is 0.177 e. The molecule has 0 spiro atoms. The average Bonchev–Trinajstić information content (AvgIpc) is 2.08. The van der Waals surface area contributed by atoms with E-state index in [2.05, 4.69) is 15.9 Å². The number of benzene rings is 1. The molecule has 1 aromatic carbocycles. The van der Waals surface area contributed by atoms with Crippen molar-refractivity contribution in [3.63, 3.8) is 0 Å². The van der Waals surface area contributed by atoms with Crippen molar-refractivity contribution in [1.82, 2.24) is 0 Å². The van der Waals surface area contributed by atoms with Crippen molar-refractivity contribution in [2.24, 2.45) is 0 Å². The van der Waals surface area contributed by atoms with E-state index in [1.807, 2.05) is 0 Å². The second-order valence-corrected chi connectivity index (χ2v) is 4.82. The van der Waals surface area contributed by atoms with Gasteiger partial charge < -0.3 is 0 Å². The SMILES string of the molecule is CC(Br)C(=O)c1cc(Cl)ccc1Cl. The number of halogens is 3. The van der Waals surface area contributed by atoms with Crippen LogP contribution < -0.4 is 0 Å². The molecule has 0 N–H and O–H groups in total. The highest BCUT2D eigenvalue weighted by Gasteiger charge is 2.15. The zero-order valence-electron chi connectivity index (χ0n) is 6.85. The van der Waals surface area contributed by atoms with Gasteiger partial charge in [0.1, 0.15) is 0 Å². The first kappa shape index (κ1) is 11.0. The Hall–Kier alpha value is -0.0500. The number of carbonyl (C=O) groups excluding carboxylic acids is 1. The summed E-state index contributed by atoms with van der Waals surface area (Å²) in [6, 6.07) is 4.84. The lowest BCUT2D eigenvalue weighted by Gasteiger charge is -2.05. The topological polar surface area (TPSA) is 17.1 Å². The molecule has 4 heteroatoms. The molecule has 0 aromatic heterocycles. The third kappa shape index (κ3) is 2.70. The van der Waals surface area contributed by atoms with Gasteiger partial charge in [-0.15, -0.1) is 0 Å². The summed E-state index contributed by atoms with van der Waals surface area (Å²) in [5.41, 5.74) is 0.457. The predicted molar refractivity (Wildman–Crippen MR) is 59.2 cm³/mol. The summed E-state index contributed by atoms with van der Waals surface area (Å²) in [6.45, 7) is 1.75. The highest BCUT2D eigenvalue weighted by atomic mass is 79.9. The van der Waals surface area contributed by atoms with E-state index in [-0.39, 0.29) is 10.6 Å². The summed E-state index contributed by atoms with van der Waals surface area (Å²) in [7, 11) is 0. The molecular weight excluding hydrogens is 275 g/mol.